The van der Waals surface area contributed by atoms with Gasteiger partial charge in [0.1, 0.15) is 13.2 Å². The zero-order valence-electron chi connectivity index (χ0n) is 16.0. The van der Waals surface area contributed by atoms with E-state index in [-0.39, 0.29) is 19.1 Å². The second-order valence-electron chi connectivity index (χ2n) is 6.39. The normalized spacial score (nSPS) is 10.8. The highest BCUT2D eigenvalue weighted by atomic mass is 32.1. The Morgan fingerprint density at radius 1 is 1.13 bits per heavy atom. The van der Waals surface area contributed by atoms with Crippen LogP contribution in [0.3, 0.4) is 0 Å². The van der Waals surface area contributed by atoms with Crippen LogP contribution in [0.25, 0.3) is 11.1 Å². The lowest BCUT2D eigenvalue weighted by Gasteiger charge is -2.17. The molecule has 0 saturated carbocycles. The summed E-state index contributed by atoms with van der Waals surface area (Å²) in [6, 6.07) is 16.0. The minimum Gasteiger partial charge on any atom is -0.458 e. The van der Waals surface area contributed by atoms with E-state index in [1.54, 1.807) is 29.6 Å². The van der Waals surface area contributed by atoms with Crippen molar-refractivity contribution < 1.29 is 18.7 Å². The Kier molecular flexibility index (Phi) is 5.44. The maximum atomic E-state index is 12.2. The van der Waals surface area contributed by atoms with Gasteiger partial charge in [-0.2, -0.15) is 0 Å². The number of esters is 1. The van der Waals surface area contributed by atoms with Gasteiger partial charge in [-0.25, -0.2) is 9.78 Å². The predicted octanol–water partition coefficient (Wildman–Crippen LogP) is 3.48. The van der Waals surface area contributed by atoms with Gasteiger partial charge >= 0.3 is 11.7 Å². The Hall–Kier alpha value is -3.72. The number of hydrogen-bond acceptors (Lipinski definition) is 7. The average molecular weight is 423 g/mol. The van der Waals surface area contributed by atoms with Crippen LogP contribution in [0, 0.1) is 0 Å². The van der Waals surface area contributed by atoms with Crippen molar-refractivity contribution in [3.63, 3.8) is 0 Å². The number of nitrogens with zero attached hydrogens (tertiary/aromatic N) is 3. The molecule has 8 nitrogen and oxygen atoms in total. The second-order valence-corrected chi connectivity index (χ2v) is 7.23. The van der Waals surface area contributed by atoms with Crippen molar-refractivity contribution in [1.82, 2.24) is 9.55 Å². The SMILES string of the molecule is CC(=O)N(c1ccccc1)c1nc(COC(=O)Cn2c(=O)oc3ccccc32)cs1. The van der Waals surface area contributed by atoms with Gasteiger partial charge in [0.2, 0.25) is 5.91 Å². The molecule has 2 aromatic carbocycles. The van der Waals surface area contributed by atoms with E-state index in [0.29, 0.717) is 27.6 Å². The Morgan fingerprint density at radius 3 is 2.63 bits per heavy atom. The summed E-state index contributed by atoms with van der Waals surface area (Å²) in [5.41, 5.74) is 2.14. The van der Waals surface area contributed by atoms with Crippen molar-refractivity contribution in [2.24, 2.45) is 0 Å². The number of ether oxygens (including phenoxy) is 1. The van der Waals surface area contributed by atoms with Crippen molar-refractivity contribution in [3.8, 4) is 0 Å². The number of benzene rings is 2. The molecule has 30 heavy (non-hydrogen) atoms. The van der Waals surface area contributed by atoms with Gasteiger partial charge in [-0.3, -0.25) is 19.1 Å². The third-order valence-electron chi connectivity index (χ3n) is 4.30. The summed E-state index contributed by atoms with van der Waals surface area (Å²) in [6.45, 7) is 1.12. The number of aromatic nitrogens is 2. The Balaban J connectivity index is 1.44. The quantitative estimate of drug-likeness (QED) is 0.441. The van der Waals surface area contributed by atoms with Gasteiger partial charge in [0, 0.05) is 12.3 Å². The van der Waals surface area contributed by atoms with Crippen LogP contribution in [-0.4, -0.2) is 21.4 Å². The number of para-hydroxylation sites is 3. The number of carbonyl (C=O) groups excluding carboxylic acids is 2. The van der Waals surface area contributed by atoms with E-state index in [9.17, 15) is 14.4 Å². The average Bonchev–Trinajstić information content (AvgIpc) is 3.32. The number of oxazole rings is 1. The maximum Gasteiger partial charge on any atom is 0.420 e. The topological polar surface area (TPSA) is 94.6 Å². The molecule has 0 aliphatic rings. The molecular formula is C21H17N3O5S. The van der Waals surface area contributed by atoms with E-state index in [1.807, 2.05) is 30.3 Å². The number of rotatable bonds is 6. The molecule has 0 radical (unpaired) electrons. The first-order valence-corrected chi connectivity index (χ1v) is 9.95. The van der Waals surface area contributed by atoms with Crippen LogP contribution in [0.15, 0.2) is 69.2 Å². The lowest BCUT2D eigenvalue weighted by atomic mass is 10.3. The molecular weight excluding hydrogens is 406 g/mol. The molecule has 0 bridgehead atoms. The summed E-state index contributed by atoms with van der Waals surface area (Å²) < 4.78 is 11.6. The molecule has 9 heteroatoms. The van der Waals surface area contributed by atoms with Crippen LogP contribution >= 0.6 is 11.3 Å². The Morgan fingerprint density at radius 2 is 1.87 bits per heavy atom. The molecule has 0 unspecified atom stereocenters. The molecule has 2 aromatic heterocycles. The molecule has 0 saturated heterocycles. The number of anilines is 2. The first-order valence-electron chi connectivity index (χ1n) is 9.07. The molecule has 0 aliphatic carbocycles. The van der Waals surface area contributed by atoms with Crippen molar-refractivity contribution in [2.75, 3.05) is 4.90 Å². The summed E-state index contributed by atoms with van der Waals surface area (Å²) in [5, 5.41) is 2.21. The third-order valence-corrected chi connectivity index (χ3v) is 5.18. The summed E-state index contributed by atoms with van der Waals surface area (Å²) in [5.74, 6) is -1.39. The summed E-state index contributed by atoms with van der Waals surface area (Å²) in [7, 11) is 0. The van der Waals surface area contributed by atoms with E-state index in [4.69, 9.17) is 9.15 Å². The molecule has 0 aliphatic heterocycles. The number of hydrogen-bond donors (Lipinski definition) is 0. The molecule has 0 N–H and O–H groups in total. The highest BCUT2D eigenvalue weighted by Gasteiger charge is 2.18. The summed E-state index contributed by atoms with van der Waals surface area (Å²) >= 11 is 1.27. The van der Waals surface area contributed by atoms with Gasteiger partial charge in [-0.15, -0.1) is 11.3 Å². The van der Waals surface area contributed by atoms with Crippen molar-refractivity contribution in [3.05, 3.63) is 76.2 Å². The standard InChI is InChI=1S/C21H17N3O5S/c1-14(25)24(16-7-3-2-4-8-16)20-22-15(13-30-20)12-28-19(26)11-23-17-9-5-6-10-18(17)29-21(23)27/h2-10,13H,11-12H2,1H3. The number of amides is 1. The van der Waals surface area contributed by atoms with Crippen LogP contribution < -0.4 is 10.7 Å². The Bertz CT molecular complexity index is 1260. The number of carbonyl (C=O) groups is 2. The van der Waals surface area contributed by atoms with Gasteiger partial charge < -0.3 is 9.15 Å². The highest BCUT2D eigenvalue weighted by molar-refractivity contribution is 7.14. The molecule has 0 atom stereocenters. The number of fused-ring (bicyclic) bond motifs is 1. The van der Waals surface area contributed by atoms with Gasteiger partial charge in [-0.05, 0) is 24.3 Å². The Labute approximate surface area is 174 Å². The van der Waals surface area contributed by atoms with Gasteiger partial charge in [0.05, 0.1) is 16.9 Å². The van der Waals surface area contributed by atoms with Crippen molar-refractivity contribution in [1.29, 1.82) is 0 Å². The summed E-state index contributed by atoms with van der Waals surface area (Å²) in [6.07, 6.45) is 0. The van der Waals surface area contributed by atoms with Crippen molar-refractivity contribution >= 4 is 45.1 Å². The monoisotopic (exact) mass is 423 g/mol. The van der Waals surface area contributed by atoms with Gasteiger partial charge in [-0.1, -0.05) is 30.3 Å². The fourth-order valence-electron chi connectivity index (χ4n) is 2.96. The zero-order valence-corrected chi connectivity index (χ0v) is 16.8. The van der Waals surface area contributed by atoms with E-state index in [0.717, 1.165) is 0 Å². The number of thiazole rings is 1. The van der Waals surface area contributed by atoms with Crippen LogP contribution in [-0.2, 0) is 27.5 Å². The fourth-order valence-corrected chi connectivity index (χ4v) is 3.83. The van der Waals surface area contributed by atoms with E-state index in [1.165, 1.54) is 27.7 Å². The predicted molar refractivity (Wildman–Crippen MR) is 112 cm³/mol. The van der Waals surface area contributed by atoms with Crippen LogP contribution in [0.4, 0.5) is 10.8 Å². The molecule has 152 valence electrons. The highest BCUT2D eigenvalue weighted by Crippen LogP contribution is 2.28. The molecule has 0 fully saturated rings. The minimum atomic E-state index is -0.621. The minimum absolute atomic E-state index is 0.0690. The molecule has 1 amide bonds. The first-order chi connectivity index (χ1) is 14.5. The maximum absolute atomic E-state index is 12.2. The summed E-state index contributed by atoms with van der Waals surface area (Å²) in [4.78, 5) is 42.2. The smallest absolute Gasteiger partial charge is 0.420 e. The van der Waals surface area contributed by atoms with E-state index < -0.39 is 11.7 Å². The van der Waals surface area contributed by atoms with Crippen LogP contribution in [0.1, 0.15) is 12.6 Å². The van der Waals surface area contributed by atoms with E-state index >= 15 is 0 Å². The molecule has 4 rings (SSSR count). The van der Waals surface area contributed by atoms with E-state index in [2.05, 4.69) is 4.98 Å². The zero-order chi connectivity index (χ0) is 21.1. The lowest BCUT2D eigenvalue weighted by Crippen LogP contribution is -2.22. The van der Waals surface area contributed by atoms with Gasteiger partial charge in [0.15, 0.2) is 10.7 Å². The largest absolute Gasteiger partial charge is 0.458 e. The molecule has 0 spiro atoms. The molecule has 2 heterocycles. The molecule has 4 aromatic rings. The third kappa shape index (κ3) is 4.01. The fraction of sp³-hybridized carbons (Fsp3) is 0.143. The van der Waals surface area contributed by atoms with Crippen LogP contribution in [0.5, 0.6) is 0 Å². The van der Waals surface area contributed by atoms with Crippen molar-refractivity contribution in [2.45, 2.75) is 20.1 Å². The lowest BCUT2D eigenvalue weighted by molar-refractivity contribution is -0.145. The second kappa shape index (κ2) is 8.34. The van der Waals surface area contributed by atoms with Crippen LogP contribution in [0.2, 0.25) is 0 Å². The van der Waals surface area contributed by atoms with Gasteiger partial charge in [0.25, 0.3) is 0 Å². The first kappa shape index (κ1) is 19.6.